The third-order valence-corrected chi connectivity index (χ3v) is 6.09. The van der Waals surface area contributed by atoms with Crippen molar-refractivity contribution in [3.8, 4) is 0 Å². The van der Waals surface area contributed by atoms with Gasteiger partial charge in [0.2, 0.25) is 10.0 Å². The molecule has 0 saturated carbocycles. The largest absolute Gasteiger partial charge is 0.281 e. The first kappa shape index (κ1) is 13.0. The number of aromatic nitrogens is 2. The lowest BCUT2D eigenvalue weighted by molar-refractivity contribution is 0.413. The fourth-order valence-corrected chi connectivity index (χ4v) is 5.21. The van der Waals surface area contributed by atoms with E-state index < -0.39 is 10.0 Å². The highest BCUT2D eigenvalue weighted by Crippen LogP contribution is 2.29. The van der Waals surface area contributed by atoms with Crippen LogP contribution in [0.5, 0.6) is 0 Å². The minimum absolute atomic E-state index is 0.0636. The maximum Gasteiger partial charge on any atom is 0.247 e. The van der Waals surface area contributed by atoms with Crippen LogP contribution in [0.15, 0.2) is 4.90 Å². The number of nitrogens with one attached hydrogen (secondary N) is 1. The molecule has 1 aliphatic heterocycles. The van der Waals surface area contributed by atoms with Crippen molar-refractivity contribution in [2.75, 3.05) is 11.9 Å². The molecule has 96 valence electrons. The fourth-order valence-electron chi connectivity index (χ4n) is 2.32. The summed E-state index contributed by atoms with van der Waals surface area (Å²) in [5, 5.41) is 7.38. The molecule has 2 rings (SSSR count). The first-order valence-electron chi connectivity index (χ1n) is 5.58. The van der Waals surface area contributed by atoms with Crippen molar-refractivity contribution < 1.29 is 8.42 Å². The van der Waals surface area contributed by atoms with E-state index in [4.69, 9.17) is 0 Å². The van der Waals surface area contributed by atoms with Gasteiger partial charge in [-0.3, -0.25) is 5.10 Å². The molecule has 0 aliphatic carbocycles. The minimum Gasteiger partial charge on any atom is -0.281 e. The molecule has 0 bridgehead atoms. The molecular weight excluding hydrogens is 306 g/mol. The summed E-state index contributed by atoms with van der Waals surface area (Å²) in [6.07, 6.45) is 1.84. The highest BCUT2D eigenvalue weighted by molar-refractivity contribution is 9.09. The predicted molar refractivity (Wildman–Crippen MR) is 68.8 cm³/mol. The third-order valence-electron chi connectivity index (χ3n) is 3.13. The smallest absolute Gasteiger partial charge is 0.247 e. The van der Waals surface area contributed by atoms with Crippen LogP contribution < -0.4 is 0 Å². The van der Waals surface area contributed by atoms with Gasteiger partial charge in [-0.2, -0.15) is 9.40 Å². The van der Waals surface area contributed by atoms with Crippen molar-refractivity contribution in [1.29, 1.82) is 0 Å². The van der Waals surface area contributed by atoms with E-state index in [0.29, 0.717) is 28.2 Å². The van der Waals surface area contributed by atoms with E-state index >= 15 is 0 Å². The van der Waals surface area contributed by atoms with Crippen molar-refractivity contribution >= 4 is 26.0 Å². The molecule has 1 N–H and O–H groups in total. The van der Waals surface area contributed by atoms with Gasteiger partial charge in [0, 0.05) is 17.9 Å². The Morgan fingerprint density at radius 1 is 1.53 bits per heavy atom. The average Bonchev–Trinajstić information content (AvgIpc) is 2.85. The number of sulfonamides is 1. The van der Waals surface area contributed by atoms with Crippen molar-refractivity contribution in [3.63, 3.8) is 0 Å². The second-order valence-corrected chi connectivity index (χ2v) is 6.80. The molecule has 0 spiro atoms. The Morgan fingerprint density at radius 3 is 2.76 bits per heavy atom. The van der Waals surface area contributed by atoms with Gasteiger partial charge in [-0.15, -0.1) is 0 Å². The Morgan fingerprint density at radius 2 is 2.24 bits per heavy atom. The zero-order valence-corrected chi connectivity index (χ0v) is 12.3. The summed E-state index contributed by atoms with van der Waals surface area (Å²) in [5.74, 6) is 0. The van der Waals surface area contributed by atoms with E-state index in [1.807, 2.05) is 0 Å². The Balaban J connectivity index is 2.43. The Bertz CT molecular complexity index is 492. The number of hydrogen-bond acceptors (Lipinski definition) is 3. The molecule has 17 heavy (non-hydrogen) atoms. The lowest BCUT2D eigenvalue weighted by Crippen LogP contribution is -2.36. The number of hydrogen-bond donors (Lipinski definition) is 1. The zero-order chi connectivity index (χ0) is 12.6. The Kier molecular flexibility index (Phi) is 3.61. The third kappa shape index (κ3) is 2.15. The molecule has 1 unspecified atom stereocenters. The maximum atomic E-state index is 12.6. The molecule has 1 aliphatic rings. The Labute approximate surface area is 110 Å². The second kappa shape index (κ2) is 4.70. The van der Waals surface area contributed by atoms with Crippen LogP contribution in [0.4, 0.5) is 0 Å². The van der Waals surface area contributed by atoms with Crippen LogP contribution >= 0.6 is 15.9 Å². The van der Waals surface area contributed by atoms with E-state index in [-0.39, 0.29) is 6.04 Å². The molecule has 5 nitrogen and oxygen atoms in total. The van der Waals surface area contributed by atoms with Gasteiger partial charge in [-0.1, -0.05) is 15.9 Å². The molecule has 2 heterocycles. The highest BCUT2D eigenvalue weighted by Gasteiger charge is 2.37. The highest BCUT2D eigenvalue weighted by atomic mass is 79.9. The molecular formula is C10H16BrN3O2S. The molecule has 0 amide bonds. The number of aromatic amines is 1. The molecule has 0 radical (unpaired) electrons. The number of rotatable bonds is 3. The van der Waals surface area contributed by atoms with E-state index in [0.717, 1.165) is 12.8 Å². The van der Waals surface area contributed by atoms with Crippen molar-refractivity contribution in [2.45, 2.75) is 37.6 Å². The Hall–Kier alpha value is -0.400. The fraction of sp³-hybridized carbons (Fsp3) is 0.700. The van der Waals surface area contributed by atoms with Crippen molar-refractivity contribution in [1.82, 2.24) is 14.5 Å². The number of aryl methyl sites for hydroxylation is 2. The van der Waals surface area contributed by atoms with Crippen LogP contribution in [0.1, 0.15) is 24.2 Å². The summed E-state index contributed by atoms with van der Waals surface area (Å²) in [6, 6.07) is 0.0636. The monoisotopic (exact) mass is 321 g/mol. The summed E-state index contributed by atoms with van der Waals surface area (Å²) in [7, 11) is -3.41. The van der Waals surface area contributed by atoms with Gasteiger partial charge >= 0.3 is 0 Å². The summed E-state index contributed by atoms with van der Waals surface area (Å²) in [6.45, 7) is 4.06. The predicted octanol–water partition coefficient (Wildman–Crippen LogP) is 1.57. The zero-order valence-electron chi connectivity index (χ0n) is 9.90. The topological polar surface area (TPSA) is 66.1 Å². The normalized spacial score (nSPS) is 22.2. The van der Waals surface area contributed by atoms with Gasteiger partial charge in [-0.25, -0.2) is 8.42 Å². The standard InChI is InChI=1S/C10H16BrN3O2S/c1-7-10(8(2)13-12-7)17(15,16)14-5-3-4-9(14)6-11/h9H,3-6H2,1-2H3,(H,12,13). The van der Waals surface area contributed by atoms with Crippen LogP contribution in [0.2, 0.25) is 0 Å². The van der Waals surface area contributed by atoms with Gasteiger partial charge in [0.05, 0.1) is 11.4 Å². The van der Waals surface area contributed by atoms with Crippen molar-refractivity contribution in [2.24, 2.45) is 0 Å². The van der Waals surface area contributed by atoms with E-state index in [9.17, 15) is 8.42 Å². The molecule has 1 aromatic heterocycles. The first-order valence-corrected chi connectivity index (χ1v) is 8.14. The average molecular weight is 322 g/mol. The number of halogens is 1. The maximum absolute atomic E-state index is 12.6. The lowest BCUT2D eigenvalue weighted by atomic mass is 10.3. The summed E-state index contributed by atoms with van der Waals surface area (Å²) >= 11 is 3.38. The van der Waals surface area contributed by atoms with Gasteiger partial charge in [0.25, 0.3) is 0 Å². The number of H-pyrrole nitrogens is 1. The van der Waals surface area contributed by atoms with Crippen LogP contribution in [0, 0.1) is 13.8 Å². The second-order valence-electron chi connectivity index (χ2n) is 4.33. The minimum atomic E-state index is -3.41. The van der Waals surface area contributed by atoms with Gasteiger partial charge in [-0.05, 0) is 26.7 Å². The van der Waals surface area contributed by atoms with Crippen LogP contribution in [0.3, 0.4) is 0 Å². The number of alkyl halides is 1. The quantitative estimate of drug-likeness (QED) is 0.859. The molecule has 7 heteroatoms. The van der Waals surface area contributed by atoms with E-state index in [2.05, 4.69) is 26.1 Å². The van der Waals surface area contributed by atoms with Crippen LogP contribution in [-0.2, 0) is 10.0 Å². The molecule has 0 aromatic carbocycles. The van der Waals surface area contributed by atoms with Gasteiger partial charge in [0.1, 0.15) is 4.90 Å². The van der Waals surface area contributed by atoms with E-state index in [1.165, 1.54) is 0 Å². The van der Waals surface area contributed by atoms with Gasteiger partial charge in [0.15, 0.2) is 0 Å². The molecule has 1 aromatic rings. The SMILES string of the molecule is Cc1n[nH]c(C)c1S(=O)(=O)N1CCCC1CBr. The molecule has 1 saturated heterocycles. The number of nitrogens with zero attached hydrogens (tertiary/aromatic N) is 2. The first-order chi connectivity index (χ1) is 7.98. The van der Waals surface area contributed by atoms with Crippen LogP contribution in [-0.4, -0.2) is 40.8 Å². The molecule has 1 fully saturated rings. The molecule has 1 atom stereocenters. The van der Waals surface area contributed by atoms with Gasteiger partial charge < -0.3 is 0 Å². The van der Waals surface area contributed by atoms with E-state index in [1.54, 1.807) is 18.2 Å². The summed E-state index contributed by atoms with van der Waals surface area (Å²) < 4.78 is 26.7. The van der Waals surface area contributed by atoms with Crippen molar-refractivity contribution in [3.05, 3.63) is 11.4 Å². The summed E-state index contributed by atoms with van der Waals surface area (Å²) in [4.78, 5) is 0.338. The van der Waals surface area contributed by atoms with Crippen LogP contribution in [0.25, 0.3) is 0 Å². The lowest BCUT2D eigenvalue weighted by Gasteiger charge is -2.22. The summed E-state index contributed by atoms with van der Waals surface area (Å²) in [5.41, 5.74) is 1.16.